The highest BCUT2D eigenvalue weighted by Gasteiger charge is 2.38. The lowest BCUT2D eigenvalue weighted by molar-refractivity contribution is -0.140. The van der Waals surface area contributed by atoms with Crippen LogP contribution < -0.4 is 10.2 Å². The van der Waals surface area contributed by atoms with Gasteiger partial charge < -0.3 is 4.74 Å². The van der Waals surface area contributed by atoms with Gasteiger partial charge in [0.2, 0.25) is 5.13 Å². The highest BCUT2D eigenvalue weighted by Crippen LogP contribution is 2.41. The molecule has 0 radical (unpaired) electrons. The number of hydrazone groups is 1. The Bertz CT molecular complexity index is 910. The lowest BCUT2D eigenvalue weighted by Crippen LogP contribution is -2.07. The van der Waals surface area contributed by atoms with Gasteiger partial charge in [0.1, 0.15) is 5.75 Å². The maximum absolute atomic E-state index is 13.3. The van der Waals surface area contributed by atoms with E-state index in [-0.39, 0.29) is 15.7 Å². The first-order valence-electron chi connectivity index (χ1n) is 7.40. The zero-order chi connectivity index (χ0) is 18.6. The predicted molar refractivity (Wildman–Crippen MR) is 94.6 cm³/mol. The molecule has 0 spiro atoms. The van der Waals surface area contributed by atoms with Crippen molar-refractivity contribution in [2.75, 3.05) is 12.5 Å². The second-order valence-electron chi connectivity index (χ2n) is 5.02. The van der Waals surface area contributed by atoms with Gasteiger partial charge in [0.25, 0.3) is 0 Å². The van der Waals surface area contributed by atoms with Gasteiger partial charge in [0, 0.05) is 11.8 Å². The third kappa shape index (κ3) is 3.99. The number of thiazole rings is 1. The average molecular weight is 378 g/mol. The molecule has 0 unspecified atom stereocenters. The lowest BCUT2D eigenvalue weighted by atomic mass is 10.2. The van der Waals surface area contributed by atoms with Crippen LogP contribution in [0.4, 0.5) is 18.3 Å². The number of benzene rings is 1. The number of nitrogens with one attached hydrogen (secondary N) is 1. The molecular formula is C17H13F3N4OS. The van der Waals surface area contributed by atoms with E-state index in [1.54, 1.807) is 36.4 Å². The number of pyridine rings is 1. The Labute approximate surface area is 151 Å². The van der Waals surface area contributed by atoms with Gasteiger partial charge in [-0.05, 0) is 24.3 Å². The topological polar surface area (TPSA) is 59.4 Å². The summed E-state index contributed by atoms with van der Waals surface area (Å²) >= 11 is 0.835. The Kier molecular flexibility index (Phi) is 5.17. The summed E-state index contributed by atoms with van der Waals surface area (Å²) in [6.07, 6.45) is -1.70. The molecule has 2 heterocycles. The molecule has 0 atom stereocenters. The van der Waals surface area contributed by atoms with Crippen molar-refractivity contribution in [3.8, 4) is 16.3 Å². The monoisotopic (exact) mass is 378 g/mol. The van der Waals surface area contributed by atoms with Gasteiger partial charge >= 0.3 is 6.18 Å². The molecule has 0 aliphatic rings. The van der Waals surface area contributed by atoms with Crippen LogP contribution in [0.5, 0.6) is 5.75 Å². The van der Waals surface area contributed by atoms with Gasteiger partial charge in [0.05, 0.1) is 23.9 Å². The summed E-state index contributed by atoms with van der Waals surface area (Å²) in [5.41, 5.74) is 2.44. The van der Waals surface area contributed by atoms with E-state index in [0.29, 0.717) is 11.3 Å². The third-order valence-corrected chi connectivity index (χ3v) is 4.28. The average Bonchev–Trinajstić information content (AvgIpc) is 3.08. The first kappa shape index (κ1) is 17.9. The first-order valence-corrected chi connectivity index (χ1v) is 8.22. The summed E-state index contributed by atoms with van der Waals surface area (Å²) in [6, 6.07) is 11.9. The third-order valence-electron chi connectivity index (χ3n) is 3.30. The molecule has 1 aromatic carbocycles. The van der Waals surface area contributed by atoms with E-state index in [1.807, 2.05) is 0 Å². The molecule has 1 N–H and O–H groups in total. The number of para-hydroxylation sites is 1. The molecule has 2 aromatic heterocycles. The van der Waals surface area contributed by atoms with E-state index in [4.69, 9.17) is 4.74 Å². The van der Waals surface area contributed by atoms with Crippen molar-refractivity contribution in [1.82, 2.24) is 9.97 Å². The fourth-order valence-electron chi connectivity index (χ4n) is 2.16. The molecule has 0 aliphatic carbocycles. The number of aromatic nitrogens is 2. The van der Waals surface area contributed by atoms with Gasteiger partial charge in [-0.1, -0.05) is 29.5 Å². The summed E-state index contributed by atoms with van der Waals surface area (Å²) in [6.45, 7) is 0. The number of methoxy groups -OCH3 is 1. The molecule has 3 rings (SSSR count). The van der Waals surface area contributed by atoms with Gasteiger partial charge in [-0.2, -0.15) is 18.3 Å². The van der Waals surface area contributed by atoms with Crippen LogP contribution in [-0.4, -0.2) is 23.3 Å². The molecule has 5 nitrogen and oxygen atoms in total. The molecule has 0 amide bonds. The van der Waals surface area contributed by atoms with E-state index in [9.17, 15) is 13.2 Å². The Balaban J connectivity index is 1.87. The molecule has 0 bridgehead atoms. The lowest BCUT2D eigenvalue weighted by Gasteiger charge is -2.04. The highest BCUT2D eigenvalue weighted by atomic mass is 32.1. The van der Waals surface area contributed by atoms with Crippen LogP contribution in [0.3, 0.4) is 0 Å². The van der Waals surface area contributed by atoms with Crippen LogP contribution >= 0.6 is 11.3 Å². The Morgan fingerprint density at radius 1 is 1.15 bits per heavy atom. The largest absolute Gasteiger partial charge is 0.496 e. The number of ether oxygens (including phenoxy) is 1. The second-order valence-corrected chi connectivity index (χ2v) is 6.02. The van der Waals surface area contributed by atoms with Crippen molar-refractivity contribution in [3.05, 3.63) is 59.9 Å². The Morgan fingerprint density at radius 2 is 1.92 bits per heavy atom. The SMILES string of the molecule is COc1ccccc1/C=N/Nc1nc(C(F)(F)F)c(-c2ccccn2)s1. The number of rotatable bonds is 5. The van der Waals surface area contributed by atoms with Crippen LogP contribution in [0.15, 0.2) is 53.8 Å². The maximum atomic E-state index is 13.3. The standard InChI is InChI=1S/C17H13F3N4OS/c1-25-13-8-3-2-6-11(13)10-22-24-16-23-15(17(18,19)20)14(26-16)12-7-4-5-9-21-12/h2-10H,1H3,(H,23,24)/b22-10+. The summed E-state index contributed by atoms with van der Waals surface area (Å²) in [5.74, 6) is 0.599. The van der Waals surface area contributed by atoms with Crippen LogP contribution in [0, 0.1) is 0 Å². The van der Waals surface area contributed by atoms with Gasteiger partial charge in [0.15, 0.2) is 5.69 Å². The van der Waals surface area contributed by atoms with E-state index in [0.717, 1.165) is 11.3 Å². The predicted octanol–water partition coefficient (Wildman–Crippen LogP) is 4.68. The number of anilines is 1. The van der Waals surface area contributed by atoms with Crippen LogP contribution in [0.1, 0.15) is 11.3 Å². The Morgan fingerprint density at radius 3 is 2.62 bits per heavy atom. The molecule has 0 saturated carbocycles. The van der Waals surface area contributed by atoms with Crippen LogP contribution in [0.25, 0.3) is 10.6 Å². The number of halogens is 3. The summed E-state index contributed by atoms with van der Waals surface area (Å²) in [5, 5.41) is 3.97. The summed E-state index contributed by atoms with van der Waals surface area (Å²) in [4.78, 5) is 7.54. The van der Waals surface area contributed by atoms with E-state index in [1.165, 1.54) is 25.6 Å². The van der Waals surface area contributed by atoms with Crippen LogP contribution in [-0.2, 0) is 6.18 Å². The molecule has 0 saturated heterocycles. The van der Waals surface area contributed by atoms with Crippen molar-refractivity contribution < 1.29 is 17.9 Å². The Hall–Kier alpha value is -2.94. The number of hydrogen-bond donors (Lipinski definition) is 1. The molecule has 3 aromatic rings. The van der Waals surface area contributed by atoms with Crippen molar-refractivity contribution >= 4 is 22.7 Å². The van der Waals surface area contributed by atoms with Crippen molar-refractivity contribution in [2.45, 2.75) is 6.18 Å². The minimum Gasteiger partial charge on any atom is -0.496 e. The molecule has 134 valence electrons. The fourth-order valence-corrected chi connectivity index (χ4v) is 3.07. The van der Waals surface area contributed by atoms with Crippen LogP contribution in [0.2, 0.25) is 0 Å². The number of hydrogen-bond acceptors (Lipinski definition) is 6. The van der Waals surface area contributed by atoms with Crippen molar-refractivity contribution in [2.24, 2.45) is 5.10 Å². The quantitative estimate of drug-likeness (QED) is 0.517. The van der Waals surface area contributed by atoms with Gasteiger partial charge in [-0.25, -0.2) is 4.98 Å². The highest BCUT2D eigenvalue weighted by molar-refractivity contribution is 7.19. The molecule has 0 aliphatic heterocycles. The second kappa shape index (κ2) is 7.52. The fraction of sp³-hybridized carbons (Fsp3) is 0.118. The van der Waals surface area contributed by atoms with Gasteiger partial charge in [-0.15, -0.1) is 0 Å². The first-order chi connectivity index (χ1) is 12.5. The zero-order valence-corrected chi connectivity index (χ0v) is 14.3. The molecule has 0 fully saturated rings. The normalized spacial score (nSPS) is 11.7. The smallest absolute Gasteiger partial charge is 0.434 e. The van der Waals surface area contributed by atoms with E-state index < -0.39 is 11.9 Å². The number of nitrogens with zero attached hydrogens (tertiary/aromatic N) is 3. The molecule has 9 heteroatoms. The van der Waals surface area contributed by atoms with E-state index >= 15 is 0 Å². The number of alkyl halides is 3. The van der Waals surface area contributed by atoms with E-state index in [2.05, 4.69) is 20.5 Å². The summed E-state index contributed by atoms with van der Waals surface area (Å²) in [7, 11) is 1.52. The molecule has 26 heavy (non-hydrogen) atoms. The molecular weight excluding hydrogens is 365 g/mol. The summed E-state index contributed by atoms with van der Waals surface area (Å²) < 4.78 is 45.0. The minimum absolute atomic E-state index is 0.0177. The van der Waals surface area contributed by atoms with Gasteiger partial charge in [-0.3, -0.25) is 10.4 Å². The van der Waals surface area contributed by atoms with Crippen molar-refractivity contribution in [3.63, 3.8) is 0 Å². The maximum Gasteiger partial charge on any atom is 0.434 e. The minimum atomic E-state index is -4.59. The van der Waals surface area contributed by atoms with Crippen molar-refractivity contribution in [1.29, 1.82) is 0 Å². The zero-order valence-electron chi connectivity index (χ0n) is 13.5.